The van der Waals surface area contributed by atoms with Gasteiger partial charge in [-0.2, -0.15) is 0 Å². The van der Waals surface area contributed by atoms with Gasteiger partial charge in [-0.3, -0.25) is 16.1 Å². The molecule has 2 aromatic carbocycles. The molecule has 11 heteroatoms. The molecule has 0 atom stereocenters. The summed E-state index contributed by atoms with van der Waals surface area (Å²) in [5.74, 6) is -3.04. The van der Waals surface area contributed by atoms with Crippen molar-refractivity contribution in [1.29, 1.82) is 10.8 Å². The van der Waals surface area contributed by atoms with E-state index in [0.29, 0.717) is 21.2 Å². The van der Waals surface area contributed by atoms with Crippen LogP contribution < -0.4 is 16.8 Å². The molecule has 0 aliphatic heterocycles. The Balaban J connectivity index is 0.000000445. The number of carboxylic acid groups (broad SMARTS) is 2. The first-order valence-corrected chi connectivity index (χ1v) is 7.79. The van der Waals surface area contributed by atoms with Gasteiger partial charge in [0, 0.05) is 15.6 Å². The van der Waals surface area contributed by atoms with E-state index in [1.54, 1.807) is 12.1 Å². The summed E-state index contributed by atoms with van der Waals surface area (Å²) in [5.41, 5.74) is 10.2. The summed E-state index contributed by atoms with van der Waals surface area (Å²) in [6.45, 7) is 0. The Kier molecular flexibility index (Phi) is 7.58. The number of rotatable bonds is 3. The molecule has 0 amide bonds. The zero-order chi connectivity index (χ0) is 20.7. The van der Waals surface area contributed by atoms with E-state index in [0.717, 1.165) is 6.07 Å². The molecule has 27 heavy (non-hydrogen) atoms. The minimum atomic E-state index is -1.21. The van der Waals surface area contributed by atoms with E-state index >= 15 is 0 Å². The molecule has 0 fully saturated rings. The van der Waals surface area contributed by atoms with Gasteiger partial charge >= 0.3 is 11.9 Å². The molecule has 142 valence electrons. The van der Waals surface area contributed by atoms with Crippen LogP contribution in [-0.4, -0.2) is 34.1 Å². The molecule has 0 aliphatic carbocycles. The Labute approximate surface area is 163 Å². The lowest BCUT2D eigenvalue weighted by atomic mass is 9.99. The van der Waals surface area contributed by atoms with Crippen LogP contribution in [0, 0.1) is 10.8 Å². The zero-order valence-electron chi connectivity index (χ0n) is 13.6. The Hall–Kier alpha value is -3.30. The van der Waals surface area contributed by atoms with Crippen molar-refractivity contribution in [3.63, 3.8) is 0 Å². The number of hydrogen-bond donors (Lipinski definition) is 7. The van der Waals surface area contributed by atoms with Crippen LogP contribution in [0.25, 0.3) is 11.1 Å². The molecule has 2 rings (SSSR count). The zero-order valence-corrected chi connectivity index (χ0v) is 15.1. The molecule has 2 aromatic rings. The monoisotopic (exact) mass is 411 g/mol. The molecular weight excluding hydrogens is 397 g/mol. The Bertz CT molecular complexity index is 873. The fraction of sp³-hybridized carbons (Fsp3) is 0. The average Bonchev–Trinajstić information content (AvgIpc) is 2.53. The summed E-state index contributed by atoms with van der Waals surface area (Å²) in [4.78, 5) is 22.1. The second-order valence-corrected chi connectivity index (χ2v) is 5.83. The first-order valence-electron chi connectivity index (χ1n) is 7.03. The maximum atomic E-state index is 11.1. The molecule has 0 heterocycles. The lowest BCUT2D eigenvalue weighted by Gasteiger charge is -2.08. The van der Waals surface area contributed by atoms with E-state index in [9.17, 15) is 9.59 Å². The number of guanidine groups is 2. The molecule has 0 radical (unpaired) electrons. The van der Waals surface area contributed by atoms with Crippen LogP contribution in [-0.2, 0) is 0 Å². The third kappa shape index (κ3) is 6.84. The van der Waals surface area contributed by atoms with Crippen LogP contribution in [0.5, 0.6) is 0 Å². The highest BCUT2D eigenvalue weighted by Gasteiger charge is 2.14. The predicted octanol–water partition coefficient (Wildman–Crippen LogP) is 2.42. The highest BCUT2D eigenvalue weighted by Crippen LogP contribution is 2.31. The Morgan fingerprint density at radius 3 is 1.70 bits per heavy atom. The van der Waals surface area contributed by atoms with E-state index in [2.05, 4.69) is 0 Å². The van der Waals surface area contributed by atoms with E-state index in [1.807, 2.05) is 5.32 Å². The molecular formula is C16H15Cl2N5O4. The molecule has 0 saturated carbocycles. The summed E-state index contributed by atoms with van der Waals surface area (Å²) in [5, 5.41) is 33.8. The van der Waals surface area contributed by atoms with Gasteiger partial charge in [-0.1, -0.05) is 29.3 Å². The van der Waals surface area contributed by atoms with Crippen molar-refractivity contribution in [3.05, 3.63) is 57.6 Å². The largest absolute Gasteiger partial charge is 0.478 e. The highest BCUT2D eigenvalue weighted by molar-refractivity contribution is 6.36. The van der Waals surface area contributed by atoms with Crippen LogP contribution in [0.2, 0.25) is 10.0 Å². The summed E-state index contributed by atoms with van der Waals surface area (Å²) < 4.78 is 0. The number of benzene rings is 2. The summed E-state index contributed by atoms with van der Waals surface area (Å²) in [6, 6.07) is 8.53. The highest BCUT2D eigenvalue weighted by atomic mass is 35.5. The second-order valence-electron chi connectivity index (χ2n) is 4.99. The van der Waals surface area contributed by atoms with Crippen LogP contribution in [0.3, 0.4) is 0 Å². The maximum Gasteiger partial charge on any atom is 0.335 e. The van der Waals surface area contributed by atoms with E-state index in [4.69, 9.17) is 55.7 Å². The predicted molar refractivity (Wildman–Crippen MR) is 103 cm³/mol. The SMILES string of the molecule is N=C(N)NC(=N)N.O=C(O)c1cc(C(=O)O)cc(-c2ccc(Cl)cc2Cl)c1. The van der Waals surface area contributed by atoms with E-state index in [-0.39, 0.29) is 23.0 Å². The lowest BCUT2D eigenvalue weighted by molar-refractivity contribution is 0.0696. The quantitative estimate of drug-likeness (QED) is 0.298. The summed E-state index contributed by atoms with van der Waals surface area (Å²) in [6.07, 6.45) is 0. The smallest absolute Gasteiger partial charge is 0.335 e. The summed E-state index contributed by atoms with van der Waals surface area (Å²) in [7, 11) is 0. The van der Waals surface area contributed by atoms with Crippen molar-refractivity contribution in [3.8, 4) is 11.1 Å². The minimum Gasteiger partial charge on any atom is -0.478 e. The van der Waals surface area contributed by atoms with Gasteiger partial charge in [-0.05, 0) is 35.9 Å². The normalized spacial score (nSPS) is 9.56. The summed E-state index contributed by atoms with van der Waals surface area (Å²) >= 11 is 11.8. The van der Waals surface area contributed by atoms with Gasteiger partial charge in [-0.15, -0.1) is 0 Å². The van der Waals surface area contributed by atoms with Crippen molar-refractivity contribution >= 4 is 47.1 Å². The van der Waals surface area contributed by atoms with Crippen molar-refractivity contribution in [2.45, 2.75) is 0 Å². The fourth-order valence-corrected chi connectivity index (χ4v) is 2.42. The minimum absolute atomic E-state index is 0.120. The number of halogens is 2. The molecule has 0 unspecified atom stereocenters. The average molecular weight is 412 g/mol. The van der Waals surface area contributed by atoms with Crippen LogP contribution in [0.4, 0.5) is 0 Å². The van der Waals surface area contributed by atoms with E-state index < -0.39 is 11.9 Å². The van der Waals surface area contributed by atoms with Crippen LogP contribution >= 0.6 is 23.2 Å². The fourth-order valence-electron chi connectivity index (χ4n) is 1.90. The number of aromatic carboxylic acids is 2. The third-order valence-electron chi connectivity index (χ3n) is 2.94. The van der Waals surface area contributed by atoms with Gasteiger partial charge in [0.05, 0.1) is 11.1 Å². The molecule has 0 saturated heterocycles. The lowest BCUT2D eigenvalue weighted by Crippen LogP contribution is -2.39. The number of carbonyl (C=O) groups is 2. The molecule has 9 N–H and O–H groups in total. The topological polar surface area (TPSA) is 186 Å². The molecule has 0 bridgehead atoms. The van der Waals surface area contributed by atoms with Gasteiger partial charge in [0.2, 0.25) is 0 Å². The molecule has 0 aromatic heterocycles. The third-order valence-corrected chi connectivity index (χ3v) is 3.49. The van der Waals surface area contributed by atoms with Gasteiger partial charge in [0.25, 0.3) is 0 Å². The van der Waals surface area contributed by atoms with E-state index in [1.165, 1.54) is 18.2 Å². The molecule has 0 spiro atoms. The van der Waals surface area contributed by atoms with Crippen LogP contribution in [0.15, 0.2) is 36.4 Å². The van der Waals surface area contributed by atoms with Gasteiger partial charge in [0.15, 0.2) is 11.9 Å². The van der Waals surface area contributed by atoms with Gasteiger partial charge in [0.1, 0.15) is 0 Å². The van der Waals surface area contributed by atoms with Crippen LogP contribution in [0.1, 0.15) is 20.7 Å². The number of hydrogen-bond acceptors (Lipinski definition) is 4. The van der Waals surface area contributed by atoms with Crippen molar-refractivity contribution in [2.24, 2.45) is 11.5 Å². The maximum absolute atomic E-state index is 11.1. The number of nitrogens with two attached hydrogens (primary N) is 2. The van der Waals surface area contributed by atoms with Crippen molar-refractivity contribution < 1.29 is 19.8 Å². The first-order chi connectivity index (χ1) is 12.5. The van der Waals surface area contributed by atoms with Crippen molar-refractivity contribution in [1.82, 2.24) is 5.32 Å². The first kappa shape index (κ1) is 21.7. The Morgan fingerprint density at radius 2 is 1.37 bits per heavy atom. The van der Waals surface area contributed by atoms with Crippen molar-refractivity contribution in [2.75, 3.05) is 0 Å². The molecule has 9 nitrogen and oxygen atoms in total. The van der Waals surface area contributed by atoms with Gasteiger partial charge in [-0.25, -0.2) is 9.59 Å². The Morgan fingerprint density at radius 1 is 0.889 bits per heavy atom. The number of carboxylic acids is 2. The van der Waals surface area contributed by atoms with Gasteiger partial charge < -0.3 is 21.7 Å². The molecule has 0 aliphatic rings. The number of nitrogens with one attached hydrogen (secondary N) is 3. The standard InChI is InChI=1S/C14H8Cl2O4.C2H7N5/c15-10-1-2-11(12(16)6-10)7-3-8(13(17)18)5-9(4-7)14(19)20;3-1(4)7-2(5)6/h1-6H,(H,17,18)(H,19,20);(H7,3,4,5,6,7). The second kappa shape index (κ2) is 9.41.